The molecule has 20 heavy (non-hydrogen) atoms. The normalized spacial score (nSPS) is 25.1. The summed E-state index contributed by atoms with van der Waals surface area (Å²) in [5.41, 5.74) is -1.40. The first-order valence-electron chi connectivity index (χ1n) is 6.71. The Morgan fingerprint density at radius 2 is 1.85 bits per heavy atom. The number of carbonyl (C=O) groups is 1. The molecule has 8 heteroatoms. The minimum Gasteiger partial charge on any atom is -0.449 e. The van der Waals surface area contributed by atoms with Gasteiger partial charge < -0.3 is 22.6 Å². The molecule has 1 amide bonds. The molecule has 1 unspecified atom stereocenters. The molecule has 1 saturated heterocycles. The van der Waals surface area contributed by atoms with Gasteiger partial charge >= 0.3 is 64.5 Å². The van der Waals surface area contributed by atoms with Crippen molar-refractivity contribution in [3.8, 4) is 0 Å². The first-order chi connectivity index (χ1) is 8.54. The van der Waals surface area contributed by atoms with Gasteiger partial charge in [0, 0.05) is 13.1 Å². The van der Waals surface area contributed by atoms with Gasteiger partial charge in [-0.1, -0.05) is 6.42 Å². The van der Waals surface area contributed by atoms with Crippen LogP contribution < -0.4 is 51.4 Å². The van der Waals surface area contributed by atoms with Crippen LogP contribution in [0.5, 0.6) is 0 Å². The third kappa shape index (κ3) is 3.94. The van der Waals surface area contributed by atoms with Gasteiger partial charge in [-0.25, -0.2) is 4.79 Å². The number of hydrogen-bond donors (Lipinski definition) is 0. The fourth-order valence-corrected chi connectivity index (χ4v) is 3.14. The Morgan fingerprint density at radius 1 is 1.30 bits per heavy atom. The van der Waals surface area contributed by atoms with Crippen molar-refractivity contribution in [1.82, 2.24) is 4.90 Å². The molecule has 2 fully saturated rings. The van der Waals surface area contributed by atoms with Crippen molar-refractivity contribution in [2.24, 2.45) is 5.41 Å². The maximum absolute atomic E-state index is 13.1. The Bertz CT molecular complexity index is 380. The summed E-state index contributed by atoms with van der Waals surface area (Å²) in [5.74, 6) is -1.34. The molecule has 1 atom stereocenters. The first kappa shape index (κ1) is 18.8. The molecule has 110 valence electrons. The second-order valence-electron chi connectivity index (χ2n) is 6.81. The quantitative estimate of drug-likeness (QED) is 0.664. The smallest absolute Gasteiger partial charge is 0.449 e. The van der Waals surface area contributed by atoms with Crippen molar-refractivity contribution in [3.63, 3.8) is 0 Å². The van der Waals surface area contributed by atoms with Gasteiger partial charge in [0.2, 0.25) is 0 Å². The van der Waals surface area contributed by atoms with Crippen molar-refractivity contribution in [1.29, 1.82) is 0 Å². The molecule has 3 nitrogen and oxygen atoms in total. The molecule has 2 rings (SSSR count). The molecule has 1 aliphatic heterocycles. The number of amides is 1. The van der Waals surface area contributed by atoms with Gasteiger partial charge in [0.25, 0.3) is 0 Å². The van der Waals surface area contributed by atoms with E-state index in [1.807, 2.05) is 0 Å². The van der Waals surface area contributed by atoms with E-state index in [9.17, 15) is 17.7 Å². The second-order valence-corrected chi connectivity index (χ2v) is 6.81. The van der Waals surface area contributed by atoms with Gasteiger partial charge in [0.1, 0.15) is 5.60 Å². The number of rotatable bonds is 1. The summed E-state index contributed by atoms with van der Waals surface area (Å²) in [4.78, 5) is 13.1. The minimum absolute atomic E-state index is 0. The third-order valence-corrected chi connectivity index (χ3v) is 4.17. The molecule has 0 N–H and O–H groups in total. The molecule has 0 radical (unpaired) electrons. The van der Waals surface area contributed by atoms with Gasteiger partial charge in [0.05, 0.1) is 0 Å². The van der Waals surface area contributed by atoms with E-state index in [2.05, 4.69) is 0 Å². The number of ether oxygens (including phenoxy) is 1. The van der Waals surface area contributed by atoms with E-state index in [-0.39, 0.29) is 64.5 Å². The Morgan fingerprint density at radius 3 is 2.15 bits per heavy atom. The zero-order valence-corrected chi connectivity index (χ0v) is 15.7. The van der Waals surface area contributed by atoms with Crippen molar-refractivity contribution in [2.75, 3.05) is 13.1 Å². The van der Waals surface area contributed by atoms with Crippen LogP contribution in [-0.2, 0) is 4.74 Å². The molecular weight excluding hydrogens is 297 g/mol. The molecule has 0 bridgehead atoms. The number of hydrogen-bond acceptors (Lipinski definition) is 2. The molecule has 1 spiro atoms. The van der Waals surface area contributed by atoms with E-state index in [4.69, 9.17) is 4.74 Å². The van der Waals surface area contributed by atoms with Crippen LogP contribution in [0.2, 0.25) is 5.82 Å². The zero-order valence-electron chi connectivity index (χ0n) is 12.6. The molecule has 1 aliphatic carbocycles. The van der Waals surface area contributed by atoms with Crippen LogP contribution in [0.25, 0.3) is 0 Å². The molecule has 0 aromatic carbocycles. The third-order valence-electron chi connectivity index (χ3n) is 4.17. The van der Waals surface area contributed by atoms with Crippen molar-refractivity contribution >= 4 is 13.1 Å². The fourth-order valence-electron chi connectivity index (χ4n) is 3.14. The average Bonchev–Trinajstić information content (AvgIpc) is 2.53. The van der Waals surface area contributed by atoms with Crippen LogP contribution in [0.3, 0.4) is 0 Å². The summed E-state index contributed by atoms with van der Waals surface area (Å²) in [7, 11) is 0. The largest absolute Gasteiger partial charge is 1.00 e. The van der Waals surface area contributed by atoms with Gasteiger partial charge in [-0.2, -0.15) is 0 Å². The van der Waals surface area contributed by atoms with E-state index in [0.29, 0.717) is 12.8 Å². The minimum atomic E-state index is -4.91. The molecule has 1 heterocycles. The van der Waals surface area contributed by atoms with Crippen LogP contribution in [0.15, 0.2) is 0 Å². The van der Waals surface area contributed by atoms with Crippen LogP contribution in [-0.4, -0.2) is 36.7 Å². The predicted octanol–water partition coefficient (Wildman–Crippen LogP) is 0.629. The summed E-state index contributed by atoms with van der Waals surface area (Å²) in [6.07, 6.45) is 1.34. The Kier molecular flexibility index (Phi) is 5.74. The Hall–Kier alpha value is 0.761. The van der Waals surface area contributed by atoms with Crippen LogP contribution in [0.1, 0.15) is 40.0 Å². The number of halogens is 3. The van der Waals surface area contributed by atoms with Crippen LogP contribution >= 0.6 is 0 Å². The van der Waals surface area contributed by atoms with E-state index < -0.39 is 29.9 Å². The fraction of sp³-hybridized carbons (Fsp3) is 0.917. The van der Waals surface area contributed by atoms with Gasteiger partial charge in [-0.3, -0.25) is 0 Å². The van der Waals surface area contributed by atoms with E-state index in [1.165, 1.54) is 4.90 Å². The van der Waals surface area contributed by atoms with Gasteiger partial charge in [-0.05, 0) is 44.8 Å². The van der Waals surface area contributed by atoms with Crippen molar-refractivity contribution < 1.29 is 73.9 Å². The van der Waals surface area contributed by atoms with Crippen molar-refractivity contribution in [3.05, 3.63) is 0 Å². The average molecular weight is 317 g/mol. The predicted molar refractivity (Wildman–Crippen MR) is 66.9 cm³/mol. The van der Waals surface area contributed by atoms with Crippen LogP contribution in [0.4, 0.5) is 17.7 Å². The summed E-state index contributed by atoms with van der Waals surface area (Å²) in [6.45, 7) is 0.184. The standard InChI is InChI=1S/C12H20BF3NO2.K/c1-11(2,3)19-10(18)17-7-9(13(14,15)16)12(8-17)5-4-6-12;/h9H,4-8H2,1-3H3;/q-1;+1. The SMILES string of the molecule is CC(C)(C)OC(=O)N1CC([B-](F)(F)F)C2(CCC2)C1.[K+]. The first-order valence-corrected chi connectivity index (χ1v) is 6.71. The Balaban J connectivity index is 0.00000200. The second kappa shape index (κ2) is 6.10. The zero-order chi connectivity index (χ0) is 14.5. The summed E-state index contributed by atoms with van der Waals surface area (Å²) < 4.78 is 44.6. The monoisotopic (exact) mass is 317 g/mol. The van der Waals surface area contributed by atoms with Gasteiger partial charge in [-0.15, -0.1) is 0 Å². The molecule has 2 aliphatic rings. The van der Waals surface area contributed by atoms with E-state index in [0.717, 1.165) is 6.42 Å². The van der Waals surface area contributed by atoms with Crippen molar-refractivity contribution in [2.45, 2.75) is 51.5 Å². The van der Waals surface area contributed by atoms with E-state index in [1.54, 1.807) is 20.8 Å². The van der Waals surface area contributed by atoms with Gasteiger partial charge in [0.15, 0.2) is 0 Å². The molecular formula is C12H20BF3KNO2. The summed E-state index contributed by atoms with van der Waals surface area (Å²) in [6, 6.07) is 0. The Labute approximate surface area is 160 Å². The number of nitrogens with zero attached hydrogens (tertiary/aromatic N) is 1. The van der Waals surface area contributed by atoms with E-state index >= 15 is 0 Å². The maximum Gasteiger partial charge on any atom is 1.00 e. The molecule has 1 saturated carbocycles. The topological polar surface area (TPSA) is 29.5 Å². The maximum atomic E-state index is 13.1. The molecule has 0 aromatic heterocycles. The number of likely N-dealkylation sites (tertiary alicyclic amines) is 1. The molecule has 0 aromatic rings. The summed E-state index contributed by atoms with van der Waals surface area (Å²) >= 11 is 0. The van der Waals surface area contributed by atoms with Crippen LogP contribution in [0, 0.1) is 5.41 Å². The summed E-state index contributed by atoms with van der Waals surface area (Å²) in [5, 5.41) is 0. The number of carbonyl (C=O) groups excluding carboxylic acids is 1.